The van der Waals surface area contributed by atoms with Gasteiger partial charge in [0, 0.05) is 40.7 Å². The molecule has 6 nitrogen and oxygen atoms in total. The Balaban J connectivity index is 1.50. The monoisotopic (exact) mass is 411 g/mol. The van der Waals surface area contributed by atoms with Crippen molar-refractivity contribution in [3.05, 3.63) is 65.6 Å². The second kappa shape index (κ2) is 9.39. The molecule has 0 aliphatic rings. The highest BCUT2D eigenvalue weighted by molar-refractivity contribution is 6.30. The minimum atomic E-state index is -0.143. The van der Waals surface area contributed by atoms with E-state index in [0.29, 0.717) is 34.5 Å². The van der Waals surface area contributed by atoms with Gasteiger partial charge in [-0.15, -0.1) is 0 Å². The van der Waals surface area contributed by atoms with Gasteiger partial charge in [0.05, 0.1) is 6.20 Å². The minimum Gasteiger partial charge on any atom is -0.441 e. The fourth-order valence-corrected chi connectivity index (χ4v) is 2.67. The quantitative estimate of drug-likeness (QED) is 0.562. The van der Waals surface area contributed by atoms with Gasteiger partial charge >= 0.3 is 0 Å². The number of carbonyl (C=O) groups excluding carboxylic acids is 2. The first kappa shape index (κ1) is 20.6. The Labute approximate surface area is 174 Å². The number of hydrogen-bond acceptors (Lipinski definition) is 4. The summed E-state index contributed by atoms with van der Waals surface area (Å²) in [7, 11) is 0. The van der Waals surface area contributed by atoms with Gasteiger partial charge < -0.3 is 15.1 Å². The van der Waals surface area contributed by atoms with Gasteiger partial charge in [0.15, 0.2) is 11.7 Å². The van der Waals surface area contributed by atoms with E-state index in [1.54, 1.807) is 42.6 Å². The average molecular weight is 412 g/mol. The van der Waals surface area contributed by atoms with E-state index < -0.39 is 0 Å². The van der Waals surface area contributed by atoms with Crippen molar-refractivity contribution in [2.24, 2.45) is 5.92 Å². The van der Waals surface area contributed by atoms with Crippen molar-refractivity contribution in [2.45, 2.75) is 26.7 Å². The molecule has 0 saturated carbocycles. The average Bonchev–Trinajstić information content (AvgIpc) is 3.17. The lowest BCUT2D eigenvalue weighted by Crippen LogP contribution is -2.17. The van der Waals surface area contributed by atoms with Crippen molar-refractivity contribution in [1.82, 2.24) is 4.98 Å². The van der Waals surface area contributed by atoms with Gasteiger partial charge in [-0.3, -0.25) is 9.59 Å². The molecule has 0 bridgehead atoms. The van der Waals surface area contributed by atoms with E-state index in [1.165, 1.54) is 0 Å². The Morgan fingerprint density at radius 3 is 2.24 bits per heavy atom. The maximum Gasteiger partial charge on any atom is 0.226 e. The highest BCUT2D eigenvalue weighted by atomic mass is 35.5. The first-order valence-electron chi connectivity index (χ1n) is 9.32. The van der Waals surface area contributed by atoms with Crippen LogP contribution in [0.1, 0.15) is 26.2 Å². The summed E-state index contributed by atoms with van der Waals surface area (Å²) in [6, 6.07) is 14.3. The summed E-state index contributed by atoms with van der Waals surface area (Å²) in [5.41, 5.74) is 2.23. The molecule has 0 saturated heterocycles. The smallest absolute Gasteiger partial charge is 0.226 e. The van der Waals surface area contributed by atoms with E-state index in [9.17, 15) is 9.59 Å². The van der Waals surface area contributed by atoms with E-state index >= 15 is 0 Å². The predicted octanol–water partition coefficient (Wildman–Crippen LogP) is 5.16. The summed E-state index contributed by atoms with van der Waals surface area (Å²) in [6.07, 6.45) is 2.27. The van der Waals surface area contributed by atoms with Crippen LogP contribution in [0, 0.1) is 5.92 Å². The summed E-state index contributed by atoms with van der Waals surface area (Å²) in [6.45, 7) is 3.66. The fraction of sp³-hybridized carbons (Fsp3) is 0.227. The van der Waals surface area contributed by atoms with Crippen molar-refractivity contribution in [3.8, 4) is 11.3 Å². The number of hydrogen-bond donors (Lipinski definition) is 2. The van der Waals surface area contributed by atoms with Gasteiger partial charge in [-0.05, 0) is 48.5 Å². The Morgan fingerprint density at radius 1 is 1.00 bits per heavy atom. The normalized spacial score (nSPS) is 10.8. The van der Waals surface area contributed by atoms with Crippen LogP contribution in [0.5, 0.6) is 0 Å². The van der Waals surface area contributed by atoms with Crippen molar-refractivity contribution in [1.29, 1.82) is 0 Å². The molecule has 0 fully saturated rings. The second-order valence-corrected chi connectivity index (χ2v) is 7.33. The summed E-state index contributed by atoms with van der Waals surface area (Å²) < 4.78 is 5.71. The van der Waals surface area contributed by atoms with Crippen LogP contribution in [0.15, 0.2) is 59.1 Å². The number of aryl methyl sites for hydroxylation is 1. The molecule has 3 rings (SSSR count). The first-order chi connectivity index (χ1) is 13.9. The number of aromatic nitrogens is 1. The number of rotatable bonds is 7. The van der Waals surface area contributed by atoms with E-state index in [-0.39, 0.29) is 24.2 Å². The number of anilines is 2. The Kier molecular flexibility index (Phi) is 6.67. The zero-order valence-electron chi connectivity index (χ0n) is 16.2. The van der Waals surface area contributed by atoms with Crippen molar-refractivity contribution in [2.75, 3.05) is 10.6 Å². The lowest BCUT2D eigenvalue weighted by molar-refractivity contribution is -0.119. The number of halogens is 1. The number of nitrogens with one attached hydrogen (secondary N) is 2. The minimum absolute atomic E-state index is 0.0503. The molecule has 0 unspecified atom stereocenters. The van der Waals surface area contributed by atoms with Crippen LogP contribution in [0.25, 0.3) is 11.3 Å². The molecular weight excluding hydrogens is 390 g/mol. The molecule has 0 radical (unpaired) electrons. The zero-order chi connectivity index (χ0) is 20.8. The van der Waals surface area contributed by atoms with Gasteiger partial charge in [0.1, 0.15) is 0 Å². The third-order valence-corrected chi connectivity index (χ3v) is 4.46. The molecule has 29 heavy (non-hydrogen) atoms. The molecule has 2 N–H and O–H groups in total. The molecule has 0 atom stereocenters. The van der Waals surface area contributed by atoms with Crippen LogP contribution in [0.2, 0.25) is 5.02 Å². The molecule has 150 valence electrons. The largest absolute Gasteiger partial charge is 0.441 e. The van der Waals surface area contributed by atoms with Gasteiger partial charge in [0.25, 0.3) is 0 Å². The highest BCUT2D eigenvalue weighted by Crippen LogP contribution is 2.23. The van der Waals surface area contributed by atoms with E-state index in [0.717, 1.165) is 5.56 Å². The predicted molar refractivity (Wildman–Crippen MR) is 114 cm³/mol. The van der Waals surface area contributed by atoms with Crippen LogP contribution in [-0.4, -0.2) is 16.8 Å². The molecular formula is C22H22ClN3O3. The van der Waals surface area contributed by atoms with Gasteiger partial charge in [-0.2, -0.15) is 0 Å². The first-order valence-corrected chi connectivity index (χ1v) is 9.70. The second-order valence-electron chi connectivity index (χ2n) is 6.89. The van der Waals surface area contributed by atoms with Crippen LogP contribution < -0.4 is 10.6 Å². The number of carbonyl (C=O) groups is 2. The van der Waals surface area contributed by atoms with E-state index in [4.69, 9.17) is 16.0 Å². The number of oxazole rings is 1. The SMILES string of the molecule is CC(C)C(=O)Nc1ccc(NC(=O)CCc2ncc(-c3ccc(Cl)cc3)o2)cc1. The topological polar surface area (TPSA) is 84.2 Å². The molecule has 0 spiro atoms. The molecule has 2 aromatic carbocycles. The Morgan fingerprint density at radius 2 is 1.62 bits per heavy atom. The molecule has 1 aromatic heterocycles. The summed E-state index contributed by atoms with van der Waals surface area (Å²) in [5.74, 6) is 0.846. The molecule has 3 aromatic rings. The summed E-state index contributed by atoms with van der Waals surface area (Å²) >= 11 is 5.89. The van der Waals surface area contributed by atoms with Gasteiger partial charge in [0.2, 0.25) is 11.8 Å². The number of benzene rings is 2. The zero-order valence-corrected chi connectivity index (χ0v) is 17.0. The molecule has 0 aliphatic heterocycles. The van der Waals surface area contributed by atoms with Crippen LogP contribution in [0.4, 0.5) is 11.4 Å². The molecule has 2 amide bonds. The standard InChI is InChI=1S/C22H22ClN3O3/c1-14(2)22(28)26-18-9-7-17(8-10-18)25-20(27)11-12-21-24-13-19(29-21)15-3-5-16(23)6-4-15/h3-10,13-14H,11-12H2,1-2H3,(H,25,27)(H,26,28). The maximum absolute atomic E-state index is 12.2. The van der Waals surface area contributed by atoms with Crippen molar-refractivity contribution < 1.29 is 14.0 Å². The van der Waals surface area contributed by atoms with E-state index in [1.807, 2.05) is 26.0 Å². The molecule has 0 aliphatic carbocycles. The number of nitrogens with zero attached hydrogens (tertiary/aromatic N) is 1. The van der Waals surface area contributed by atoms with Gasteiger partial charge in [-0.1, -0.05) is 25.4 Å². The summed E-state index contributed by atoms with van der Waals surface area (Å²) in [4.78, 5) is 28.1. The Hall–Kier alpha value is -3.12. The molecule has 7 heteroatoms. The van der Waals surface area contributed by atoms with Crippen molar-refractivity contribution >= 4 is 34.8 Å². The van der Waals surface area contributed by atoms with Crippen LogP contribution >= 0.6 is 11.6 Å². The fourth-order valence-electron chi connectivity index (χ4n) is 2.54. The summed E-state index contributed by atoms with van der Waals surface area (Å²) in [5, 5.41) is 6.29. The lowest BCUT2D eigenvalue weighted by Gasteiger charge is -2.09. The van der Waals surface area contributed by atoms with Crippen LogP contribution in [-0.2, 0) is 16.0 Å². The van der Waals surface area contributed by atoms with Crippen molar-refractivity contribution in [3.63, 3.8) is 0 Å². The molecule has 1 heterocycles. The van der Waals surface area contributed by atoms with Gasteiger partial charge in [-0.25, -0.2) is 4.98 Å². The Bertz CT molecular complexity index is 979. The van der Waals surface area contributed by atoms with Crippen LogP contribution in [0.3, 0.4) is 0 Å². The highest BCUT2D eigenvalue weighted by Gasteiger charge is 2.10. The lowest BCUT2D eigenvalue weighted by atomic mass is 10.2. The maximum atomic E-state index is 12.2. The number of amides is 2. The third-order valence-electron chi connectivity index (χ3n) is 4.21. The third kappa shape index (κ3) is 5.93. The van der Waals surface area contributed by atoms with E-state index in [2.05, 4.69) is 15.6 Å².